The molecule has 4 atom stereocenters. The van der Waals surface area contributed by atoms with Crippen molar-refractivity contribution in [3.05, 3.63) is 59.9 Å². The average Bonchev–Trinajstić information content (AvgIpc) is 3.37. The van der Waals surface area contributed by atoms with Crippen LogP contribution < -0.4 is 16.0 Å². The van der Waals surface area contributed by atoms with E-state index in [4.69, 9.17) is 0 Å². The van der Waals surface area contributed by atoms with Gasteiger partial charge in [-0.3, -0.25) is 9.69 Å². The van der Waals surface area contributed by atoms with Gasteiger partial charge in [0.25, 0.3) is 0 Å². The SMILES string of the molecule is Cn1nnnc1-c1cccc(NC(=O)N[C@@H]2CCCC[C@H]2CN2C[C@H](Cc3ccc(F)cc3)NC(=O)[C@@H]2CO)c1. The van der Waals surface area contributed by atoms with Crippen LogP contribution in [0.25, 0.3) is 11.4 Å². The molecule has 4 N–H and O–H groups in total. The lowest BCUT2D eigenvalue weighted by Crippen LogP contribution is -2.63. The van der Waals surface area contributed by atoms with Gasteiger partial charge in [-0.25, -0.2) is 13.9 Å². The third-order valence-electron chi connectivity index (χ3n) is 7.81. The van der Waals surface area contributed by atoms with E-state index in [1.807, 2.05) is 29.2 Å². The van der Waals surface area contributed by atoms with Crippen LogP contribution in [0.1, 0.15) is 31.2 Å². The second-order valence-corrected chi connectivity index (χ2v) is 10.6. The zero-order chi connectivity index (χ0) is 28.1. The monoisotopic (exact) mass is 550 g/mol. The van der Waals surface area contributed by atoms with E-state index in [2.05, 4.69) is 31.5 Å². The molecule has 12 heteroatoms. The van der Waals surface area contributed by atoms with Crippen molar-refractivity contribution in [3.8, 4) is 11.4 Å². The van der Waals surface area contributed by atoms with Gasteiger partial charge in [0.05, 0.1) is 6.61 Å². The minimum absolute atomic E-state index is 0.0697. The summed E-state index contributed by atoms with van der Waals surface area (Å²) in [6.07, 6.45) is 4.37. The van der Waals surface area contributed by atoms with Crippen LogP contribution in [0.15, 0.2) is 48.5 Å². The molecule has 2 aromatic carbocycles. The van der Waals surface area contributed by atoms with Gasteiger partial charge in [-0.2, -0.15) is 0 Å². The molecule has 3 aromatic rings. The fourth-order valence-corrected chi connectivity index (χ4v) is 5.80. The number of aliphatic hydroxyl groups excluding tert-OH is 1. The van der Waals surface area contributed by atoms with Crippen molar-refractivity contribution in [1.29, 1.82) is 0 Å². The predicted molar refractivity (Wildman–Crippen MR) is 147 cm³/mol. The van der Waals surface area contributed by atoms with E-state index in [-0.39, 0.29) is 42.4 Å². The van der Waals surface area contributed by atoms with Crippen LogP contribution in [0, 0.1) is 11.7 Å². The van der Waals surface area contributed by atoms with Crippen LogP contribution in [0.2, 0.25) is 0 Å². The number of aromatic nitrogens is 4. The van der Waals surface area contributed by atoms with Gasteiger partial charge in [0.1, 0.15) is 11.9 Å². The number of anilines is 1. The second-order valence-electron chi connectivity index (χ2n) is 10.6. The maximum atomic E-state index is 13.3. The van der Waals surface area contributed by atoms with Gasteiger partial charge in [-0.05, 0) is 65.4 Å². The fourth-order valence-electron chi connectivity index (χ4n) is 5.80. The van der Waals surface area contributed by atoms with Gasteiger partial charge in [0.2, 0.25) is 5.91 Å². The Bertz CT molecular complexity index is 1320. The molecule has 3 amide bonds. The van der Waals surface area contributed by atoms with E-state index >= 15 is 0 Å². The van der Waals surface area contributed by atoms with Crippen LogP contribution in [-0.4, -0.2) is 80.0 Å². The third kappa shape index (κ3) is 6.62. The molecule has 1 aliphatic heterocycles. The molecule has 0 unspecified atom stereocenters. The molecule has 5 rings (SSSR count). The van der Waals surface area contributed by atoms with Gasteiger partial charge >= 0.3 is 6.03 Å². The lowest BCUT2D eigenvalue weighted by atomic mass is 9.83. The summed E-state index contributed by atoms with van der Waals surface area (Å²) in [5.74, 6) is 0.214. The van der Waals surface area contributed by atoms with Crippen LogP contribution in [0.4, 0.5) is 14.9 Å². The average molecular weight is 551 g/mol. The number of nitrogens with one attached hydrogen (secondary N) is 3. The van der Waals surface area contributed by atoms with Crippen LogP contribution in [-0.2, 0) is 18.3 Å². The van der Waals surface area contributed by atoms with Crippen molar-refractivity contribution in [3.63, 3.8) is 0 Å². The first-order chi connectivity index (χ1) is 19.4. The van der Waals surface area contributed by atoms with Gasteiger partial charge in [0.15, 0.2) is 5.82 Å². The molecule has 0 bridgehead atoms. The highest BCUT2D eigenvalue weighted by atomic mass is 19.1. The highest BCUT2D eigenvalue weighted by Gasteiger charge is 2.37. The van der Waals surface area contributed by atoms with Crippen LogP contribution >= 0.6 is 0 Å². The number of carbonyl (C=O) groups is 2. The summed E-state index contributed by atoms with van der Waals surface area (Å²) in [7, 11) is 1.75. The van der Waals surface area contributed by atoms with Gasteiger partial charge in [0, 0.05) is 43.5 Å². The Kier molecular flexibility index (Phi) is 8.66. The Morgan fingerprint density at radius 1 is 1.18 bits per heavy atom. The van der Waals surface area contributed by atoms with Crippen molar-refractivity contribution >= 4 is 17.6 Å². The molecule has 2 aliphatic rings. The number of aryl methyl sites for hydroxylation is 1. The van der Waals surface area contributed by atoms with E-state index < -0.39 is 6.04 Å². The third-order valence-corrected chi connectivity index (χ3v) is 7.81. The zero-order valence-electron chi connectivity index (χ0n) is 22.5. The number of hydrogen-bond acceptors (Lipinski definition) is 7. The molecule has 1 aromatic heterocycles. The summed E-state index contributed by atoms with van der Waals surface area (Å²) >= 11 is 0. The number of halogens is 1. The number of piperazine rings is 1. The second kappa shape index (κ2) is 12.5. The highest BCUT2D eigenvalue weighted by Crippen LogP contribution is 2.27. The van der Waals surface area contributed by atoms with Crippen molar-refractivity contribution in [1.82, 2.24) is 35.7 Å². The van der Waals surface area contributed by atoms with Crippen molar-refractivity contribution in [2.75, 3.05) is 25.0 Å². The Morgan fingerprint density at radius 3 is 2.73 bits per heavy atom. The topological polar surface area (TPSA) is 137 Å². The number of amides is 3. The summed E-state index contributed by atoms with van der Waals surface area (Å²) in [5.41, 5.74) is 2.35. The summed E-state index contributed by atoms with van der Waals surface area (Å²) in [5, 5.41) is 30.7. The number of urea groups is 1. The molecular formula is C28H35FN8O3. The quantitative estimate of drug-likeness (QED) is 0.337. The first-order valence-corrected chi connectivity index (χ1v) is 13.7. The van der Waals surface area contributed by atoms with E-state index in [0.29, 0.717) is 31.0 Å². The normalized spacial score (nSPS) is 23.4. The molecule has 2 heterocycles. The number of hydrogen-bond donors (Lipinski definition) is 4. The standard InChI is InChI=1S/C28H35FN8O3/c1-36-26(33-34-35-36)19-6-4-7-22(14-19)31-28(40)32-24-8-3-2-5-20(24)15-37-16-23(30-27(39)25(37)17-38)13-18-9-11-21(29)12-10-18/h4,6-7,9-12,14,20,23-25,38H,2-3,5,8,13,15-17H2,1H3,(H,30,39)(H2,31,32,40)/t20-,23-,24+,25-/m0/s1. The first kappa shape index (κ1) is 27.7. The minimum atomic E-state index is -0.640. The smallest absolute Gasteiger partial charge is 0.319 e. The van der Waals surface area contributed by atoms with Gasteiger partial charge in [-0.15, -0.1) is 5.10 Å². The number of rotatable bonds is 8. The summed E-state index contributed by atoms with van der Waals surface area (Å²) < 4.78 is 14.9. The molecule has 1 saturated carbocycles. The lowest BCUT2D eigenvalue weighted by molar-refractivity contribution is -0.133. The van der Waals surface area contributed by atoms with Gasteiger partial charge in [-0.1, -0.05) is 37.1 Å². The molecule has 212 valence electrons. The number of aliphatic hydroxyl groups is 1. The molecule has 40 heavy (non-hydrogen) atoms. The summed E-state index contributed by atoms with van der Waals surface area (Å²) in [4.78, 5) is 27.9. The predicted octanol–water partition coefficient (Wildman–Crippen LogP) is 2.10. The molecule has 2 fully saturated rings. The minimum Gasteiger partial charge on any atom is -0.394 e. The molecule has 1 saturated heterocycles. The Hall–Kier alpha value is -3.90. The van der Waals surface area contributed by atoms with E-state index in [1.165, 1.54) is 12.1 Å². The van der Waals surface area contributed by atoms with Crippen molar-refractivity contribution in [2.24, 2.45) is 13.0 Å². The maximum absolute atomic E-state index is 13.3. The van der Waals surface area contributed by atoms with Crippen LogP contribution in [0.5, 0.6) is 0 Å². The van der Waals surface area contributed by atoms with Crippen molar-refractivity contribution in [2.45, 2.75) is 50.2 Å². The first-order valence-electron chi connectivity index (χ1n) is 13.7. The number of benzene rings is 2. The molecule has 0 spiro atoms. The number of carbonyl (C=O) groups excluding carboxylic acids is 2. The Labute approximate surface area is 232 Å². The lowest BCUT2D eigenvalue weighted by Gasteiger charge is -2.42. The molecular weight excluding hydrogens is 515 g/mol. The van der Waals surface area contributed by atoms with Gasteiger partial charge < -0.3 is 21.1 Å². The van der Waals surface area contributed by atoms with E-state index in [1.54, 1.807) is 23.9 Å². The highest BCUT2D eigenvalue weighted by molar-refractivity contribution is 5.90. The molecule has 11 nitrogen and oxygen atoms in total. The van der Waals surface area contributed by atoms with E-state index in [9.17, 15) is 19.1 Å². The summed E-state index contributed by atoms with van der Waals surface area (Å²) in [6, 6.07) is 12.5. The Balaban J connectivity index is 1.22. The number of nitrogens with zero attached hydrogens (tertiary/aromatic N) is 5. The largest absolute Gasteiger partial charge is 0.394 e. The maximum Gasteiger partial charge on any atom is 0.319 e. The summed E-state index contributed by atoms with van der Waals surface area (Å²) in [6.45, 7) is 0.864. The Morgan fingerprint density at radius 2 is 1.98 bits per heavy atom. The zero-order valence-corrected chi connectivity index (χ0v) is 22.5. The molecule has 0 radical (unpaired) electrons. The van der Waals surface area contributed by atoms with Crippen molar-refractivity contribution < 1.29 is 19.1 Å². The molecule has 1 aliphatic carbocycles. The van der Waals surface area contributed by atoms with Crippen LogP contribution in [0.3, 0.4) is 0 Å². The fraction of sp³-hybridized carbons (Fsp3) is 0.464. The van der Waals surface area contributed by atoms with E-state index in [0.717, 1.165) is 36.8 Å². The number of tetrazole rings is 1.